The first-order valence-corrected chi connectivity index (χ1v) is 7.66. The summed E-state index contributed by atoms with van der Waals surface area (Å²) in [6, 6.07) is 11.8. The molecule has 1 aliphatic carbocycles. The minimum absolute atomic E-state index is 0.856. The van der Waals surface area contributed by atoms with Gasteiger partial charge in [-0.2, -0.15) is 5.10 Å². The quantitative estimate of drug-likeness (QED) is 0.849. The smallest absolute Gasteiger partial charge is 0.0659 e. The van der Waals surface area contributed by atoms with Crippen LogP contribution in [0, 0.1) is 5.92 Å². The van der Waals surface area contributed by atoms with Crippen LogP contribution in [0.15, 0.2) is 42.7 Å². The lowest BCUT2D eigenvalue weighted by Crippen LogP contribution is -2.31. The van der Waals surface area contributed by atoms with Gasteiger partial charge in [-0.1, -0.05) is 24.3 Å². The molecule has 20 heavy (non-hydrogen) atoms. The van der Waals surface area contributed by atoms with E-state index in [1.165, 1.54) is 36.9 Å². The van der Waals surface area contributed by atoms with Crippen molar-refractivity contribution in [2.24, 2.45) is 5.92 Å². The highest BCUT2D eigenvalue weighted by Gasteiger charge is 2.37. The number of fused-ring (bicyclic) bond motifs is 2. The molecule has 1 saturated carbocycles. The Balaban J connectivity index is 1.46. The van der Waals surface area contributed by atoms with Gasteiger partial charge in [-0.05, 0) is 42.4 Å². The molecule has 2 fully saturated rings. The SMILES string of the molecule is c1cc(CN2C[C@H]3CC[C@H]2C3)cc(Cn2cccn2)c1. The average Bonchev–Trinajstić information content (AvgIpc) is 3.16. The Kier molecular flexibility index (Phi) is 3.07. The fraction of sp³-hybridized carbons (Fsp3) is 0.471. The molecule has 1 aromatic heterocycles. The van der Waals surface area contributed by atoms with E-state index in [0.29, 0.717) is 0 Å². The van der Waals surface area contributed by atoms with Crippen LogP contribution in [-0.2, 0) is 13.1 Å². The Morgan fingerprint density at radius 2 is 2.00 bits per heavy atom. The van der Waals surface area contributed by atoms with Gasteiger partial charge in [-0.15, -0.1) is 0 Å². The van der Waals surface area contributed by atoms with Crippen LogP contribution in [0.3, 0.4) is 0 Å². The summed E-state index contributed by atoms with van der Waals surface area (Å²) in [6.45, 7) is 3.30. The summed E-state index contributed by atoms with van der Waals surface area (Å²) in [6.07, 6.45) is 8.17. The standard InChI is InChI=1S/C17H21N3/c1-3-14(11-19-12-16-5-6-17(19)10-16)9-15(4-1)13-20-8-2-7-18-20/h1-4,7-9,16-17H,5-6,10-13H2/t16-,17-/m0/s1. The van der Waals surface area contributed by atoms with Gasteiger partial charge in [0, 0.05) is 31.5 Å². The number of benzene rings is 1. The minimum Gasteiger partial charge on any atom is -0.296 e. The number of piperidine rings is 1. The van der Waals surface area contributed by atoms with Crippen molar-refractivity contribution in [2.75, 3.05) is 6.54 Å². The van der Waals surface area contributed by atoms with Crippen LogP contribution in [0.25, 0.3) is 0 Å². The Bertz CT molecular complexity index is 576. The molecule has 3 nitrogen and oxygen atoms in total. The highest BCUT2D eigenvalue weighted by molar-refractivity contribution is 5.24. The van der Waals surface area contributed by atoms with E-state index in [-0.39, 0.29) is 0 Å². The molecule has 0 N–H and O–H groups in total. The molecule has 2 bridgehead atoms. The Morgan fingerprint density at radius 1 is 1.10 bits per heavy atom. The molecule has 2 heterocycles. The van der Waals surface area contributed by atoms with E-state index in [0.717, 1.165) is 25.0 Å². The van der Waals surface area contributed by atoms with Crippen LogP contribution in [0.5, 0.6) is 0 Å². The van der Waals surface area contributed by atoms with Crippen LogP contribution in [0.4, 0.5) is 0 Å². The molecule has 0 unspecified atom stereocenters. The summed E-state index contributed by atoms with van der Waals surface area (Å²) in [5.41, 5.74) is 2.79. The van der Waals surface area contributed by atoms with Crippen molar-refractivity contribution in [3.8, 4) is 0 Å². The Hall–Kier alpha value is -1.61. The molecule has 1 aliphatic heterocycles. The van der Waals surface area contributed by atoms with E-state index in [1.807, 2.05) is 23.1 Å². The van der Waals surface area contributed by atoms with E-state index in [9.17, 15) is 0 Å². The van der Waals surface area contributed by atoms with Crippen molar-refractivity contribution >= 4 is 0 Å². The van der Waals surface area contributed by atoms with Gasteiger partial charge < -0.3 is 0 Å². The summed E-state index contributed by atoms with van der Waals surface area (Å²) in [4.78, 5) is 2.68. The summed E-state index contributed by atoms with van der Waals surface area (Å²) in [5, 5.41) is 4.28. The maximum Gasteiger partial charge on any atom is 0.0659 e. The van der Waals surface area contributed by atoms with Crippen molar-refractivity contribution in [2.45, 2.75) is 38.4 Å². The van der Waals surface area contributed by atoms with E-state index in [2.05, 4.69) is 34.3 Å². The van der Waals surface area contributed by atoms with Gasteiger partial charge in [-0.25, -0.2) is 0 Å². The van der Waals surface area contributed by atoms with Crippen LogP contribution < -0.4 is 0 Å². The normalized spacial score (nSPS) is 25.4. The molecule has 2 aliphatic rings. The van der Waals surface area contributed by atoms with Crippen molar-refractivity contribution in [1.82, 2.24) is 14.7 Å². The third kappa shape index (κ3) is 2.38. The van der Waals surface area contributed by atoms with Gasteiger partial charge in [0.05, 0.1) is 6.54 Å². The van der Waals surface area contributed by atoms with Gasteiger partial charge in [0.25, 0.3) is 0 Å². The second kappa shape index (κ2) is 5.06. The molecule has 0 spiro atoms. The summed E-state index contributed by atoms with van der Waals surface area (Å²) < 4.78 is 1.98. The third-order valence-corrected chi connectivity index (χ3v) is 4.80. The maximum atomic E-state index is 4.28. The van der Waals surface area contributed by atoms with Crippen LogP contribution >= 0.6 is 0 Å². The first kappa shape index (κ1) is 12.2. The van der Waals surface area contributed by atoms with Crippen molar-refractivity contribution in [3.05, 3.63) is 53.9 Å². The monoisotopic (exact) mass is 267 g/mol. The lowest BCUT2D eigenvalue weighted by molar-refractivity contribution is 0.205. The zero-order valence-corrected chi connectivity index (χ0v) is 11.8. The van der Waals surface area contributed by atoms with Gasteiger partial charge in [0.2, 0.25) is 0 Å². The van der Waals surface area contributed by atoms with Gasteiger partial charge in [0.1, 0.15) is 0 Å². The van der Waals surface area contributed by atoms with E-state index in [1.54, 1.807) is 0 Å². The first-order valence-electron chi connectivity index (χ1n) is 7.66. The fourth-order valence-electron chi connectivity index (χ4n) is 3.86. The average molecular weight is 267 g/mol. The topological polar surface area (TPSA) is 21.1 Å². The molecule has 0 radical (unpaired) electrons. The van der Waals surface area contributed by atoms with Crippen molar-refractivity contribution in [1.29, 1.82) is 0 Å². The molecular weight excluding hydrogens is 246 g/mol. The molecule has 1 aromatic carbocycles. The van der Waals surface area contributed by atoms with Gasteiger partial charge in [0.15, 0.2) is 0 Å². The predicted molar refractivity (Wildman–Crippen MR) is 79.3 cm³/mol. The van der Waals surface area contributed by atoms with E-state index in [4.69, 9.17) is 0 Å². The molecule has 1 saturated heterocycles. The summed E-state index contributed by atoms with van der Waals surface area (Å²) in [7, 11) is 0. The molecule has 104 valence electrons. The van der Waals surface area contributed by atoms with Gasteiger partial charge in [-0.3, -0.25) is 9.58 Å². The molecule has 2 aromatic rings. The van der Waals surface area contributed by atoms with Gasteiger partial charge >= 0.3 is 0 Å². The van der Waals surface area contributed by atoms with Crippen molar-refractivity contribution < 1.29 is 0 Å². The number of aromatic nitrogens is 2. The van der Waals surface area contributed by atoms with Crippen LogP contribution in [-0.4, -0.2) is 27.3 Å². The highest BCUT2D eigenvalue weighted by Crippen LogP contribution is 2.38. The van der Waals surface area contributed by atoms with Crippen LogP contribution in [0.1, 0.15) is 30.4 Å². The molecule has 3 heteroatoms. The van der Waals surface area contributed by atoms with Crippen molar-refractivity contribution in [3.63, 3.8) is 0 Å². The maximum absolute atomic E-state index is 4.28. The minimum atomic E-state index is 0.856. The lowest BCUT2D eigenvalue weighted by Gasteiger charge is -2.26. The number of likely N-dealkylation sites (tertiary alicyclic amines) is 1. The summed E-state index contributed by atoms with van der Waals surface area (Å²) in [5.74, 6) is 0.979. The number of hydrogen-bond acceptors (Lipinski definition) is 2. The largest absolute Gasteiger partial charge is 0.296 e. The van der Waals surface area contributed by atoms with E-state index >= 15 is 0 Å². The highest BCUT2D eigenvalue weighted by atomic mass is 15.3. The first-order chi connectivity index (χ1) is 9.87. The Morgan fingerprint density at radius 3 is 2.70 bits per heavy atom. The fourth-order valence-corrected chi connectivity index (χ4v) is 3.86. The third-order valence-electron chi connectivity index (χ3n) is 4.80. The summed E-state index contributed by atoms with van der Waals surface area (Å²) >= 11 is 0. The molecular formula is C17H21N3. The lowest BCUT2D eigenvalue weighted by atomic mass is 10.1. The number of nitrogens with zero attached hydrogens (tertiary/aromatic N) is 3. The van der Waals surface area contributed by atoms with E-state index < -0.39 is 0 Å². The molecule has 0 amide bonds. The van der Waals surface area contributed by atoms with Crippen LogP contribution in [0.2, 0.25) is 0 Å². The Labute approximate surface area is 120 Å². The second-order valence-corrected chi connectivity index (χ2v) is 6.29. The molecule has 2 atom stereocenters. The molecule has 4 rings (SSSR count). The zero-order valence-electron chi connectivity index (χ0n) is 11.8. The second-order valence-electron chi connectivity index (χ2n) is 6.29. The predicted octanol–water partition coefficient (Wildman–Crippen LogP) is 2.92. The number of hydrogen-bond donors (Lipinski definition) is 0. The number of rotatable bonds is 4. The zero-order chi connectivity index (χ0) is 13.4.